The highest BCUT2D eigenvalue weighted by Gasteiger charge is 2.22. The number of amides is 1. The van der Waals surface area contributed by atoms with Crippen molar-refractivity contribution in [3.8, 4) is 0 Å². The molecule has 2 rings (SSSR count). The van der Waals surface area contributed by atoms with Crippen molar-refractivity contribution in [2.45, 2.75) is 32.7 Å². The zero-order valence-electron chi connectivity index (χ0n) is 14.5. The van der Waals surface area contributed by atoms with Crippen molar-refractivity contribution in [3.63, 3.8) is 0 Å². The predicted octanol–water partition coefficient (Wildman–Crippen LogP) is 2.14. The van der Waals surface area contributed by atoms with Gasteiger partial charge in [-0.25, -0.2) is 9.38 Å². The molecule has 1 fully saturated rings. The molecule has 0 unspecified atom stereocenters. The molecule has 24 heavy (non-hydrogen) atoms. The summed E-state index contributed by atoms with van der Waals surface area (Å²) in [5, 5.41) is 6.02. The fourth-order valence-electron chi connectivity index (χ4n) is 2.89. The summed E-state index contributed by atoms with van der Waals surface area (Å²) in [6, 6.07) is 6.44. The molecule has 0 spiro atoms. The maximum absolute atomic E-state index is 13.0. The quantitative estimate of drug-likeness (QED) is 0.641. The van der Waals surface area contributed by atoms with Gasteiger partial charge in [0.25, 0.3) is 0 Å². The van der Waals surface area contributed by atoms with Crippen molar-refractivity contribution in [1.82, 2.24) is 15.5 Å². The van der Waals surface area contributed by atoms with Gasteiger partial charge in [-0.3, -0.25) is 4.79 Å². The van der Waals surface area contributed by atoms with Crippen LogP contribution in [0.25, 0.3) is 0 Å². The van der Waals surface area contributed by atoms with Gasteiger partial charge in [-0.15, -0.1) is 0 Å². The van der Waals surface area contributed by atoms with Gasteiger partial charge in [0, 0.05) is 33.1 Å². The minimum Gasteiger partial charge on any atom is -0.359 e. The Bertz CT molecular complexity index is 551. The van der Waals surface area contributed by atoms with Crippen molar-refractivity contribution in [3.05, 3.63) is 35.6 Å². The van der Waals surface area contributed by atoms with Crippen LogP contribution in [0.15, 0.2) is 29.3 Å². The van der Waals surface area contributed by atoms with Gasteiger partial charge >= 0.3 is 0 Å². The number of likely N-dealkylation sites (tertiary alicyclic amines) is 1. The standard InChI is InChI=1S/C18H27FN4O/c1-3-21-18(22-13-15-4-6-16(19)7-5-15)23-10-8-14(9-11-23)12-17(24)20-2/h4-7,14H,3,8-13H2,1-2H3,(H,20,24)(H,21,22). The van der Waals surface area contributed by atoms with Crippen LogP contribution in [-0.4, -0.2) is 43.4 Å². The number of aliphatic imine (C=N–C) groups is 1. The van der Waals surface area contributed by atoms with Crippen molar-refractivity contribution in [1.29, 1.82) is 0 Å². The minimum absolute atomic E-state index is 0.116. The maximum atomic E-state index is 13.0. The molecule has 1 amide bonds. The van der Waals surface area contributed by atoms with Gasteiger partial charge in [0.2, 0.25) is 5.91 Å². The molecule has 1 saturated heterocycles. The molecule has 0 aromatic heterocycles. The predicted molar refractivity (Wildman–Crippen MR) is 94.2 cm³/mol. The first kappa shape index (κ1) is 18.2. The molecule has 132 valence electrons. The topological polar surface area (TPSA) is 56.7 Å². The summed E-state index contributed by atoms with van der Waals surface area (Å²) in [6.07, 6.45) is 2.59. The molecule has 0 atom stereocenters. The summed E-state index contributed by atoms with van der Waals surface area (Å²) in [6.45, 7) is 5.18. The van der Waals surface area contributed by atoms with Crippen LogP contribution >= 0.6 is 0 Å². The summed E-state index contributed by atoms with van der Waals surface area (Å²) in [4.78, 5) is 18.4. The minimum atomic E-state index is -0.229. The number of nitrogens with zero attached hydrogens (tertiary/aromatic N) is 2. The van der Waals surface area contributed by atoms with Gasteiger partial charge in [-0.05, 0) is 43.4 Å². The lowest BCUT2D eigenvalue weighted by atomic mass is 9.93. The van der Waals surface area contributed by atoms with Crippen LogP contribution in [0.5, 0.6) is 0 Å². The fourth-order valence-corrected chi connectivity index (χ4v) is 2.89. The van der Waals surface area contributed by atoms with Crippen LogP contribution in [0, 0.1) is 11.7 Å². The first-order valence-corrected chi connectivity index (χ1v) is 8.60. The largest absolute Gasteiger partial charge is 0.359 e. The Morgan fingerprint density at radius 1 is 1.29 bits per heavy atom. The Kier molecular flexibility index (Phi) is 7.03. The Morgan fingerprint density at radius 3 is 2.54 bits per heavy atom. The van der Waals surface area contributed by atoms with Crippen LogP contribution in [0.1, 0.15) is 31.7 Å². The third-order valence-corrected chi connectivity index (χ3v) is 4.33. The summed E-state index contributed by atoms with van der Waals surface area (Å²) in [5.41, 5.74) is 0.987. The second kappa shape index (κ2) is 9.25. The number of hydrogen-bond acceptors (Lipinski definition) is 2. The SMILES string of the molecule is CCNC(=NCc1ccc(F)cc1)N1CCC(CC(=O)NC)CC1. The number of rotatable bonds is 5. The van der Waals surface area contributed by atoms with Crippen LogP contribution in [-0.2, 0) is 11.3 Å². The Balaban J connectivity index is 1.92. The van der Waals surface area contributed by atoms with Crippen LogP contribution in [0.2, 0.25) is 0 Å². The van der Waals surface area contributed by atoms with E-state index in [9.17, 15) is 9.18 Å². The highest BCUT2D eigenvalue weighted by Crippen LogP contribution is 2.20. The van der Waals surface area contributed by atoms with E-state index in [4.69, 9.17) is 0 Å². The van der Waals surface area contributed by atoms with Gasteiger partial charge in [-0.2, -0.15) is 0 Å². The summed E-state index contributed by atoms with van der Waals surface area (Å²) in [7, 11) is 1.68. The van der Waals surface area contributed by atoms with E-state index in [1.807, 2.05) is 6.92 Å². The second-order valence-electron chi connectivity index (χ2n) is 6.10. The average Bonchev–Trinajstić information content (AvgIpc) is 2.60. The molecule has 6 heteroatoms. The number of piperidine rings is 1. The number of carbonyl (C=O) groups is 1. The van der Waals surface area contributed by atoms with Crippen molar-refractivity contribution in [2.24, 2.45) is 10.9 Å². The Hall–Kier alpha value is -2.11. The molecule has 5 nitrogen and oxygen atoms in total. The van der Waals surface area contributed by atoms with E-state index in [1.165, 1.54) is 12.1 Å². The third-order valence-electron chi connectivity index (χ3n) is 4.33. The third kappa shape index (κ3) is 5.51. The van der Waals surface area contributed by atoms with E-state index < -0.39 is 0 Å². The van der Waals surface area contributed by atoms with Crippen LogP contribution in [0.4, 0.5) is 4.39 Å². The zero-order valence-corrected chi connectivity index (χ0v) is 14.5. The van der Waals surface area contributed by atoms with Crippen LogP contribution < -0.4 is 10.6 Å². The van der Waals surface area contributed by atoms with Gasteiger partial charge in [0.15, 0.2) is 5.96 Å². The first-order chi connectivity index (χ1) is 11.6. The zero-order chi connectivity index (χ0) is 17.4. The number of guanidine groups is 1. The normalized spacial score (nSPS) is 16.1. The monoisotopic (exact) mass is 334 g/mol. The first-order valence-electron chi connectivity index (χ1n) is 8.60. The lowest BCUT2D eigenvalue weighted by molar-refractivity contribution is -0.121. The summed E-state index contributed by atoms with van der Waals surface area (Å²) < 4.78 is 13.0. The van der Waals surface area contributed by atoms with Crippen molar-refractivity contribution in [2.75, 3.05) is 26.7 Å². The molecule has 0 saturated carbocycles. The smallest absolute Gasteiger partial charge is 0.220 e. The lowest BCUT2D eigenvalue weighted by Crippen LogP contribution is -2.46. The van der Waals surface area contributed by atoms with Gasteiger partial charge < -0.3 is 15.5 Å². The molecule has 1 aliphatic rings. The number of halogens is 1. The van der Waals surface area contributed by atoms with Crippen molar-refractivity contribution >= 4 is 11.9 Å². The van der Waals surface area contributed by atoms with Gasteiger partial charge in [0.05, 0.1) is 6.54 Å². The number of nitrogens with one attached hydrogen (secondary N) is 2. The molecule has 1 aliphatic heterocycles. The van der Waals surface area contributed by atoms with Gasteiger partial charge in [-0.1, -0.05) is 12.1 Å². The molecule has 2 N–H and O–H groups in total. The molecule has 1 aromatic carbocycles. The Labute approximate surface area is 143 Å². The molecule has 1 heterocycles. The molecular formula is C18H27FN4O. The molecular weight excluding hydrogens is 307 g/mol. The van der Waals surface area contributed by atoms with Crippen LogP contribution in [0.3, 0.4) is 0 Å². The molecule has 1 aromatic rings. The van der Waals surface area contributed by atoms with E-state index >= 15 is 0 Å². The Morgan fingerprint density at radius 2 is 1.96 bits per heavy atom. The fraction of sp³-hybridized carbons (Fsp3) is 0.556. The van der Waals surface area contributed by atoms with E-state index in [0.717, 1.165) is 44.0 Å². The van der Waals surface area contributed by atoms with E-state index in [0.29, 0.717) is 18.9 Å². The number of carbonyl (C=O) groups excluding carboxylic acids is 1. The second-order valence-corrected chi connectivity index (χ2v) is 6.10. The van der Waals surface area contributed by atoms with E-state index in [-0.39, 0.29) is 11.7 Å². The van der Waals surface area contributed by atoms with E-state index in [2.05, 4.69) is 20.5 Å². The summed E-state index contributed by atoms with van der Waals surface area (Å²) in [5.74, 6) is 1.22. The number of benzene rings is 1. The summed E-state index contributed by atoms with van der Waals surface area (Å²) >= 11 is 0. The van der Waals surface area contributed by atoms with Gasteiger partial charge in [0.1, 0.15) is 5.82 Å². The lowest BCUT2D eigenvalue weighted by Gasteiger charge is -2.34. The highest BCUT2D eigenvalue weighted by atomic mass is 19.1. The molecule has 0 bridgehead atoms. The van der Waals surface area contributed by atoms with Crippen molar-refractivity contribution < 1.29 is 9.18 Å². The van der Waals surface area contributed by atoms with E-state index in [1.54, 1.807) is 19.2 Å². The highest BCUT2D eigenvalue weighted by molar-refractivity contribution is 5.80. The average molecular weight is 334 g/mol. The maximum Gasteiger partial charge on any atom is 0.220 e. The number of hydrogen-bond donors (Lipinski definition) is 2. The molecule has 0 aliphatic carbocycles. The molecule has 0 radical (unpaired) electrons.